The second-order valence-corrected chi connectivity index (χ2v) is 4.51. The Morgan fingerprint density at radius 1 is 1.00 bits per heavy atom. The van der Waals surface area contributed by atoms with Gasteiger partial charge in [0.15, 0.2) is 0 Å². The summed E-state index contributed by atoms with van der Waals surface area (Å²) in [5.41, 5.74) is 7.28. The fourth-order valence-corrected chi connectivity index (χ4v) is 1.73. The lowest BCUT2D eigenvalue weighted by Crippen LogP contribution is -1.83. The summed E-state index contributed by atoms with van der Waals surface area (Å²) >= 11 is 0. The number of nitrogens with two attached hydrogens (primary N) is 1. The first-order valence-electron chi connectivity index (χ1n) is 6.64. The van der Waals surface area contributed by atoms with Crippen LogP contribution in [-0.2, 0) is 0 Å². The Morgan fingerprint density at radius 3 is 2.57 bits per heavy atom. The Bertz CT molecular complexity index is 857. The van der Waals surface area contributed by atoms with E-state index in [2.05, 4.69) is 30.2 Å². The zero-order chi connectivity index (χ0) is 16.1. The molecular formula is C15H12N6O2. The van der Waals surface area contributed by atoms with Crippen molar-refractivity contribution in [2.24, 2.45) is 15.2 Å². The number of aromatic hydroxyl groups is 1. The zero-order valence-electron chi connectivity index (χ0n) is 11.9. The number of nitrogens with zero attached hydrogens (tertiary/aromatic N) is 5. The van der Waals surface area contributed by atoms with Crippen LogP contribution >= 0.6 is 0 Å². The van der Waals surface area contributed by atoms with Crippen LogP contribution in [0.25, 0.3) is 0 Å². The summed E-state index contributed by atoms with van der Waals surface area (Å²) < 4.78 is 4.42. The average Bonchev–Trinajstić information content (AvgIpc) is 2.99. The van der Waals surface area contributed by atoms with Crippen LogP contribution < -0.4 is 5.73 Å². The summed E-state index contributed by atoms with van der Waals surface area (Å²) in [5, 5.41) is 24.6. The first-order valence-corrected chi connectivity index (χ1v) is 6.64. The SMILES string of the molecule is Nc1nonc1N=Nc1ccc(O)c(C=Nc2ccccc2)c1. The van der Waals surface area contributed by atoms with Gasteiger partial charge in [0.2, 0.25) is 5.82 Å². The number of phenolic OH excluding ortho intramolecular Hbond substituents is 1. The van der Waals surface area contributed by atoms with E-state index >= 15 is 0 Å². The molecule has 0 saturated heterocycles. The Kier molecular flexibility index (Phi) is 4.05. The van der Waals surface area contributed by atoms with E-state index in [1.807, 2.05) is 30.3 Å². The van der Waals surface area contributed by atoms with Crippen LogP contribution in [0.15, 0.2) is 68.4 Å². The van der Waals surface area contributed by atoms with Gasteiger partial charge in [-0.05, 0) is 40.6 Å². The number of nitrogen functional groups attached to an aromatic ring is 1. The van der Waals surface area contributed by atoms with Crippen LogP contribution in [0.2, 0.25) is 0 Å². The van der Waals surface area contributed by atoms with Crippen molar-refractivity contribution in [3.8, 4) is 5.75 Å². The molecule has 3 aromatic rings. The minimum atomic E-state index is 0.0541. The topological polar surface area (TPSA) is 122 Å². The van der Waals surface area contributed by atoms with Gasteiger partial charge in [0.25, 0.3) is 5.82 Å². The molecule has 0 spiro atoms. The maximum atomic E-state index is 9.89. The van der Waals surface area contributed by atoms with E-state index in [1.54, 1.807) is 18.3 Å². The fraction of sp³-hybridized carbons (Fsp3) is 0. The highest BCUT2D eigenvalue weighted by molar-refractivity contribution is 5.86. The number of aliphatic imine (C=N–C) groups is 1. The second kappa shape index (κ2) is 6.48. The van der Waals surface area contributed by atoms with E-state index in [-0.39, 0.29) is 17.4 Å². The van der Waals surface area contributed by atoms with E-state index in [1.165, 1.54) is 6.07 Å². The molecule has 0 aliphatic rings. The van der Waals surface area contributed by atoms with Gasteiger partial charge in [0.05, 0.1) is 11.4 Å². The molecule has 0 aliphatic heterocycles. The molecular weight excluding hydrogens is 296 g/mol. The third kappa shape index (κ3) is 3.56. The minimum absolute atomic E-state index is 0.0541. The average molecular weight is 308 g/mol. The van der Waals surface area contributed by atoms with Crippen molar-refractivity contribution in [1.82, 2.24) is 10.3 Å². The lowest BCUT2D eigenvalue weighted by atomic mass is 10.2. The third-order valence-corrected chi connectivity index (χ3v) is 2.88. The fourth-order valence-electron chi connectivity index (χ4n) is 1.73. The van der Waals surface area contributed by atoms with Crippen LogP contribution in [0, 0.1) is 0 Å². The molecule has 1 aromatic heterocycles. The highest BCUT2D eigenvalue weighted by atomic mass is 16.6. The molecule has 0 aliphatic carbocycles. The lowest BCUT2D eigenvalue weighted by Gasteiger charge is -2.00. The first kappa shape index (κ1) is 14.4. The Morgan fingerprint density at radius 2 is 1.83 bits per heavy atom. The van der Waals surface area contributed by atoms with Crippen molar-refractivity contribution in [3.63, 3.8) is 0 Å². The van der Waals surface area contributed by atoms with Crippen LogP contribution in [0.3, 0.4) is 0 Å². The summed E-state index contributed by atoms with van der Waals surface area (Å²) in [7, 11) is 0. The van der Waals surface area contributed by atoms with E-state index < -0.39 is 0 Å². The van der Waals surface area contributed by atoms with Crippen molar-refractivity contribution in [2.45, 2.75) is 0 Å². The molecule has 8 heteroatoms. The van der Waals surface area contributed by atoms with Gasteiger partial charge in [-0.2, -0.15) is 0 Å². The molecule has 0 atom stereocenters. The zero-order valence-corrected chi connectivity index (χ0v) is 11.9. The number of rotatable bonds is 4. The van der Waals surface area contributed by atoms with Crippen molar-refractivity contribution in [1.29, 1.82) is 0 Å². The van der Waals surface area contributed by atoms with Gasteiger partial charge in [0.1, 0.15) is 5.75 Å². The minimum Gasteiger partial charge on any atom is -0.507 e. The van der Waals surface area contributed by atoms with Crippen LogP contribution in [-0.4, -0.2) is 21.6 Å². The van der Waals surface area contributed by atoms with E-state index in [0.717, 1.165) is 5.69 Å². The number of phenols is 1. The van der Waals surface area contributed by atoms with Crippen molar-refractivity contribution in [2.75, 3.05) is 5.73 Å². The predicted octanol–water partition coefficient (Wildman–Crippen LogP) is 3.52. The number of azo groups is 1. The largest absolute Gasteiger partial charge is 0.507 e. The van der Waals surface area contributed by atoms with E-state index in [0.29, 0.717) is 11.3 Å². The maximum absolute atomic E-state index is 9.89. The number of para-hydroxylation sites is 1. The van der Waals surface area contributed by atoms with Gasteiger partial charge in [-0.15, -0.1) is 10.2 Å². The molecule has 0 bridgehead atoms. The maximum Gasteiger partial charge on any atom is 0.261 e. The van der Waals surface area contributed by atoms with Crippen LogP contribution in [0.1, 0.15) is 5.56 Å². The third-order valence-electron chi connectivity index (χ3n) is 2.88. The molecule has 114 valence electrons. The van der Waals surface area contributed by atoms with Crippen LogP contribution in [0.4, 0.5) is 23.0 Å². The van der Waals surface area contributed by atoms with E-state index in [4.69, 9.17) is 5.73 Å². The Balaban J connectivity index is 1.83. The quantitative estimate of drug-likeness (QED) is 0.564. The van der Waals surface area contributed by atoms with Crippen molar-refractivity contribution < 1.29 is 9.74 Å². The summed E-state index contributed by atoms with van der Waals surface area (Å²) in [5.74, 6) is 0.238. The van der Waals surface area contributed by atoms with Gasteiger partial charge in [0, 0.05) is 11.8 Å². The molecule has 8 nitrogen and oxygen atoms in total. The standard InChI is InChI=1S/C15H12N6O2/c16-14-15(21-23-20-14)19-18-12-6-7-13(22)10(8-12)9-17-11-4-2-1-3-5-11/h1-9,22H,(H2,16,20). The number of aromatic nitrogens is 2. The molecule has 0 unspecified atom stereocenters. The molecule has 3 N–H and O–H groups in total. The highest BCUT2D eigenvalue weighted by Crippen LogP contribution is 2.25. The normalized spacial score (nSPS) is 11.5. The lowest BCUT2D eigenvalue weighted by molar-refractivity contribution is 0.310. The molecule has 0 amide bonds. The van der Waals surface area contributed by atoms with Gasteiger partial charge >= 0.3 is 0 Å². The molecule has 0 saturated carbocycles. The van der Waals surface area contributed by atoms with E-state index in [9.17, 15) is 5.11 Å². The van der Waals surface area contributed by atoms with Crippen LogP contribution in [0.5, 0.6) is 5.75 Å². The summed E-state index contributed by atoms with van der Waals surface area (Å²) in [4.78, 5) is 4.29. The Labute approximate surface area is 131 Å². The van der Waals surface area contributed by atoms with Gasteiger partial charge in [-0.25, -0.2) is 4.63 Å². The summed E-state index contributed by atoms with van der Waals surface area (Å²) in [6.07, 6.45) is 1.55. The highest BCUT2D eigenvalue weighted by Gasteiger charge is 2.04. The second-order valence-electron chi connectivity index (χ2n) is 4.51. The van der Waals surface area contributed by atoms with Crippen molar-refractivity contribution >= 4 is 29.2 Å². The first-order chi connectivity index (χ1) is 11.2. The number of benzene rings is 2. The molecule has 0 radical (unpaired) electrons. The smallest absolute Gasteiger partial charge is 0.261 e. The molecule has 1 heterocycles. The molecule has 23 heavy (non-hydrogen) atoms. The predicted molar refractivity (Wildman–Crippen MR) is 84.7 cm³/mol. The summed E-state index contributed by atoms with van der Waals surface area (Å²) in [6, 6.07) is 14.1. The molecule has 2 aromatic carbocycles. The molecule has 3 rings (SSSR count). The monoisotopic (exact) mass is 308 g/mol. The van der Waals surface area contributed by atoms with Gasteiger partial charge in [-0.3, -0.25) is 4.99 Å². The Hall–Kier alpha value is -3.55. The molecule has 0 fully saturated rings. The van der Waals surface area contributed by atoms with Gasteiger partial charge < -0.3 is 10.8 Å². The summed E-state index contributed by atoms with van der Waals surface area (Å²) in [6.45, 7) is 0. The number of anilines is 1. The number of hydrogen-bond acceptors (Lipinski definition) is 8. The number of hydrogen-bond donors (Lipinski definition) is 2. The van der Waals surface area contributed by atoms with Crippen molar-refractivity contribution in [3.05, 3.63) is 54.1 Å². The van der Waals surface area contributed by atoms with Gasteiger partial charge in [-0.1, -0.05) is 18.2 Å².